The highest BCUT2D eigenvalue weighted by Crippen LogP contribution is 2.43. The van der Waals surface area contributed by atoms with Gasteiger partial charge in [0.1, 0.15) is 0 Å². The van der Waals surface area contributed by atoms with Gasteiger partial charge < -0.3 is 15.0 Å². The molecule has 1 aromatic carbocycles. The number of benzene rings is 1. The zero-order valence-corrected chi connectivity index (χ0v) is 16.2. The van der Waals surface area contributed by atoms with Gasteiger partial charge in [-0.3, -0.25) is 9.59 Å². The number of carbonyl (C=O) groups is 2. The lowest BCUT2D eigenvalue weighted by atomic mass is 9.76. The van der Waals surface area contributed by atoms with Gasteiger partial charge in [0.25, 0.3) is 0 Å². The highest BCUT2D eigenvalue weighted by atomic mass is 16.5. The van der Waals surface area contributed by atoms with Crippen molar-refractivity contribution in [3.05, 3.63) is 35.4 Å². The summed E-state index contributed by atoms with van der Waals surface area (Å²) in [5, 5.41) is 3.22. The number of fused-ring (bicyclic) bond motifs is 1. The number of amides is 2. The van der Waals surface area contributed by atoms with Gasteiger partial charge in [0.2, 0.25) is 11.8 Å². The zero-order valence-electron chi connectivity index (χ0n) is 16.2. The monoisotopic (exact) mass is 370 g/mol. The number of hydrogen-bond acceptors (Lipinski definition) is 3. The number of hydrogen-bond donors (Lipinski definition) is 1. The van der Waals surface area contributed by atoms with E-state index in [4.69, 9.17) is 4.74 Å². The molecule has 3 aliphatic heterocycles. The molecular formula is C22H30N2O3. The van der Waals surface area contributed by atoms with Crippen molar-refractivity contribution < 1.29 is 14.3 Å². The van der Waals surface area contributed by atoms with Crippen LogP contribution in [0.3, 0.4) is 0 Å². The second kappa shape index (κ2) is 7.63. The molecule has 0 aliphatic carbocycles. The van der Waals surface area contributed by atoms with Gasteiger partial charge in [0, 0.05) is 38.8 Å². The van der Waals surface area contributed by atoms with Crippen LogP contribution in [-0.2, 0) is 19.7 Å². The number of aryl methyl sites for hydroxylation is 1. The molecule has 27 heavy (non-hydrogen) atoms. The minimum atomic E-state index is -0.609. The summed E-state index contributed by atoms with van der Waals surface area (Å²) in [7, 11) is 0. The molecule has 0 bridgehead atoms. The van der Waals surface area contributed by atoms with Gasteiger partial charge >= 0.3 is 0 Å². The van der Waals surface area contributed by atoms with Crippen molar-refractivity contribution in [3.63, 3.8) is 0 Å². The van der Waals surface area contributed by atoms with Crippen molar-refractivity contribution in [2.75, 3.05) is 26.3 Å². The average Bonchev–Trinajstić information content (AvgIpc) is 3.22. The van der Waals surface area contributed by atoms with Crippen LogP contribution in [0.25, 0.3) is 0 Å². The van der Waals surface area contributed by atoms with E-state index < -0.39 is 5.41 Å². The van der Waals surface area contributed by atoms with E-state index in [1.54, 1.807) is 0 Å². The van der Waals surface area contributed by atoms with E-state index in [1.165, 1.54) is 0 Å². The molecule has 0 unspecified atom stereocenters. The summed E-state index contributed by atoms with van der Waals surface area (Å²) in [6.45, 7) is 4.95. The maximum atomic E-state index is 13.4. The van der Waals surface area contributed by atoms with Crippen LogP contribution in [0.2, 0.25) is 0 Å². The number of rotatable bonds is 5. The van der Waals surface area contributed by atoms with E-state index in [2.05, 4.69) is 30.4 Å². The molecule has 0 radical (unpaired) electrons. The number of ether oxygens (including phenoxy) is 1. The zero-order chi connectivity index (χ0) is 18.9. The van der Waals surface area contributed by atoms with Gasteiger partial charge in [-0.05, 0) is 50.5 Å². The second-order valence-electron chi connectivity index (χ2n) is 8.47. The van der Waals surface area contributed by atoms with Crippen molar-refractivity contribution in [1.29, 1.82) is 0 Å². The Balaban J connectivity index is 1.50. The first kappa shape index (κ1) is 18.5. The molecular weight excluding hydrogens is 340 g/mol. The number of carbonyl (C=O) groups excluding carboxylic acids is 2. The third-order valence-corrected chi connectivity index (χ3v) is 6.66. The molecule has 0 spiro atoms. The maximum absolute atomic E-state index is 13.4. The molecule has 2 atom stereocenters. The predicted molar refractivity (Wildman–Crippen MR) is 103 cm³/mol. The molecule has 1 N–H and O–H groups in total. The fourth-order valence-electron chi connectivity index (χ4n) is 5.02. The molecule has 5 heteroatoms. The first-order valence-corrected chi connectivity index (χ1v) is 10.3. The standard InChI is InChI=1S/C22H30N2O3/c1-16-3-2-4-18(13-16)22(14-19-5-6-20(25)24(19)15-22)21(26)23-10-7-17-8-11-27-12-9-17/h2-4,13,17,19H,5-12,14-15H2,1H3,(H,23,26)/t19-,22-/m0/s1. The third kappa shape index (κ3) is 3.62. The largest absolute Gasteiger partial charge is 0.381 e. The SMILES string of the molecule is Cc1cccc([C@]2(C(=O)NCCC3CCOCC3)C[C@@H]3CCC(=O)N3C2)c1. The fraction of sp³-hybridized carbons (Fsp3) is 0.636. The van der Waals surface area contributed by atoms with Crippen molar-refractivity contribution in [1.82, 2.24) is 10.2 Å². The Morgan fingerprint density at radius 2 is 2.11 bits per heavy atom. The molecule has 3 aliphatic rings. The molecule has 4 rings (SSSR count). The van der Waals surface area contributed by atoms with Gasteiger partial charge in [-0.1, -0.05) is 29.8 Å². The van der Waals surface area contributed by atoms with Crippen molar-refractivity contribution in [2.45, 2.75) is 56.9 Å². The lowest BCUT2D eigenvalue weighted by molar-refractivity contribution is -0.129. The lowest BCUT2D eigenvalue weighted by Gasteiger charge is -2.30. The normalized spacial score (nSPS) is 28.4. The maximum Gasteiger partial charge on any atom is 0.232 e. The molecule has 3 heterocycles. The Labute approximate surface area is 161 Å². The van der Waals surface area contributed by atoms with E-state index in [-0.39, 0.29) is 17.9 Å². The van der Waals surface area contributed by atoms with Gasteiger partial charge in [-0.25, -0.2) is 0 Å². The molecule has 3 fully saturated rings. The molecule has 0 saturated carbocycles. The Morgan fingerprint density at radius 1 is 1.30 bits per heavy atom. The van der Waals surface area contributed by atoms with Crippen LogP contribution < -0.4 is 5.32 Å². The van der Waals surface area contributed by atoms with Crippen LogP contribution in [0, 0.1) is 12.8 Å². The summed E-state index contributed by atoms with van der Waals surface area (Å²) in [6.07, 6.45) is 5.42. The fourth-order valence-corrected chi connectivity index (χ4v) is 5.02. The first-order chi connectivity index (χ1) is 13.1. The Bertz CT molecular complexity index is 713. The summed E-state index contributed by atoms with van der Waals surface area (Å²) in [5.41, 5.74) is 1.59. The van der Waals surface area contributed by atoms with Gasteiger partial charge in [-0.15, -0.1) is 0 Å². The van der Waals surface area contributed by atoms with E-state index >= 15 is 0 Å². The molecule has 0 aromatic heterocycles. The first-order valence-electron chi connectivity index (χ1n) is 10.3. The van der Waals surface area contributed by atoms with Crippen LogP contribution in [0.1, 0.15) is 49.7 Å². The summed E-state index contributed by atoms with van der Waals surface area (Å²) in [5.74, 6) is 0.925. The molecule has 2 amide bonds. The Morgan fingerprint density at radius 3 is 2.85 bits per heavy atom. The van der Waals surface area contributed by atoms with Crippen LogP contribution in [0.15, 0.2) is 24.3 Å². The van der Waals surface area contributed by atoms with Crippen molar-refractivity contribution >= 4 is 11.8 Å². The quantitative estimate of drug-likeness (QED) is 0.867. The highest BCUT2D eigenvalue weighted by Gasteiger charge is 2.53. The summed E-state index contributed by atoms with van der Waals surface area (Å²) in [4.78, 5) is 27.6. The number of nitrogens with zero attached hydrogens (tertiary/aromatic N) is 1. The van der Waals surface area contributed by atoms with E-state index in [9.17, 15) is 9.59 Å². The summed E-state index contributed by atoms with van der Waals surface area (Å²) < 4.78 is 5.42. The smallest absolute Gasteiger partial charge is 0.232 e. The molecule has 3 saturated heterocycles. The molecule has 146 valence electrons. The average molecular weight is 370 g/mol. The Hall–Kier alpha value is -1.88. The molecule has 1 aromatic rings. The summed E-state index contributed by atoms with van der Waals surface area (Å²) >= 11 is 0. The van der Waals surface area contributed by atoms with Crippen LogP contribution in [-0.4, -0.2) is 49.1 Å². The van der Waals surface area contributed by atoms with Gasteiger partial charge in [0.15, 0.2) is 0 Å². The molecule has 5 nitrogen and oxygen atoms in total. The summed E-state index contributed by atoms with van der Waals surface area (Å²) in [6, 6.07) is 8.45. The van der Waals surface area contributed by atoms with Crippen molar-refractivity contribution in [2.24, 2.45) is 5.92 Å². The Kier molecular flexibility index (Phi) is 5.22. The van der Waals surface area contributed by atoms with Crippen LogP contribution in [0.4, 0.5) is 0 Å². The van der Waals surface area contributed by atoms with Crippen LogP contribution in [0.5, 0.6) is 0 Å². The van der Waals surface area contributed by atoms with Gasteiger partial charge in [0.05, 0.1) is 5.41 Å². The topological polar surface area (TPSA) is 58.6 Å². The number of nitrogens with one attached hydrogen (secondary N) is 1. The second-order valence-corrected chi connectivity index (χ2v) is 8.47. The minimum Gasteiger partial charge on any atom is -0.381 e. The van der Waals surface area contributed by atoms with E-state index in [1.807, 2.05) is 11.0 Å². The van der Waals surface area contributed by atoms with Crippen molar-refractivity contribution in [3.8, 4) is 0 Å². The minimum absolute atomic E-state index is 0.0855. The van der Waals surface area contributed by atoms with E-state index in [0.717, 1.165) is 56.4 Å². The van der Waals surface area contributed by atoms with Gasteiger partial charge in [-0.2, -0.15) is 0 Å². The third-order valence-electron chi connectivity index (χ3n) is 6.66. The predicted octanol–water partition coefficient (Wildman–Crippen LogP) is 2.56. The highest BCUT2D eigenvalue weighted by molar-refractivity contribution is 5.91. The van der Waals surface area contributed by atoms with E-state index in [0.29, 0.717) is 25.4 Å². The lowest BCUT2D eigenvalue weighted by Crippen LogP contribution is -2.47. The van der Waals surface area contributed by atoms with Crippen LogP contribution >= 0.6 is 0 Å².